The minimum absolute atomic E-state index is 0.0334. The first-order valence-corrected chi connectivity index (χ1v) is 9.68. The predicted molar refractivity (Wildman–Crippen MR) is 111 cm³/mol. The van der Waals surface area contributed by atoms with Crippen molar-refractivity contribution < 1.29 is 28.2 Å². The van der Waals surface area contributed by atoms with Crippen LogP contribution in [0.5, 0.6) is 5.75 Å². The summed E-state index contributed by atoms with van der Waals surface area (Å²) in [5.74, 6) is -3.96. The Hall–Kier alpha value is -4.07. The molecule has 1 amide bonds. The molecule has 1 unspecified atom stereocenters. The van der Waals surface area contributed by atoms with Crippen molar-refractivity contribution in [2.75, 3.05) is 7.11 Å². The Morgan fingerprint density at radius 1 is 1.09 bits per heavy atom. The molecule has 0 aliphatic carbocycles. The van der Waals surface area contributed by atoms with Crippen LogP contribution in [-0.4, -0.2) is 33.8 Å². The molecule has 0 saturated carbocycles. The highest BCUT2D eigenvalue weighted by molar-refractivity contribution is 6.46. The lowest BCUT2D eigenvalue weighted by Gasteiger charge is -2.25. The van der Waals surface area contributed by atoms with E-state index in [1.165, 1.54) is 48.5 Å². The van der Waals surface area contributed by atoms with E-state index in [2.05, 4.69) is 4.98 Å². The number of hydrogen-bond donors (Lipinski definition) is 1. The molecule has 8 heteroatoms. The fourth-order valence-corrected chi connectivity index (χ4v) is 3.72. The first-order chi connectivity index (χ1) is 15.4. The Bertz CT molecular complexity index is 1230. The molecule has 3 aromatic rings. The summed E-state index contributed by atoms with van der Waals surface area (Å²) < 4.78 is 33.9. The summed E-state index contributed by atoms with van der Waals surface area (Å²) in [6.45, 7) is -0.0365. The molecule has 1 fully saturated rings. The number of aromatic nitrogens is 1. The van der Waals surface area contributed by atoms with Gasteiger partial charge in [0.2, 0.25) is 0 Å². The van der Waals surface area contributed by atoms with Crippen LogP contribution >= 0.6 is 0 Å². The van der Waals surface area contributed by atoms with E-state index in [0.29, 0.717) is 5.56 Å². The van der Waals surface area contributed by atoms with Crippen molar-refractivity contribution >= 4 is 17.4 Å². The van der Waals surface area contributed by atoms with Crippen LogP contribution in [0.4, 0.5) is 8.78 Å². The molecule has 1 aliphatic heterocycles. The Morgan fingerprint density at radius 3 is 2.53 bits per heavy atom. The third kappa shape index (κ3) is 3.71. The smallest absolute Gasteiger partial charge is 0.295 e. The number of methoxy groups -OCH3 is 1. The van der Waals surface area contributed by atoms with Gasteiger partial charge in [0.25, 0.3) is 11.7 Å². The van der Waals surface area contributed by atoms with Crippen LogP contribution in [-0.2, 0) is 16.1 Å². The molecule has 1 N–H and O–H groups in total. The summed E-state index contributed by atoms with van der Waals surface area (Å²) in [6.07, 6.45) is 3.08. The van der Waals surface area contributed by atoms with Gasteiger partial charge in [-0.15, -0.1) is 0 Å². The van der Waals surface area contributed by atoms with Crippen molar-refractivity contribution in [3.63, 3.8) is 0 Å². The van der Waals surface area contributed by atoms with E-state index >= 15 is 0 Å². The Morgan fingerprint density at radius 2 is 1.88 bits per heavy atom. The molecule has 2 aromatic carbocycles. The zero-order valence-corrected chi connectivity index (χ0v) is 17.0. The maximum Gasteiger partial charge on any atom is 0.295 e. The van der Waals surface area contributed by atoms with E-state index in [1.807, 2.05) is 0 Å². The molecule has 2 heterocycles. The largest absolute Gasteiger partial charge is 0.507 e. The summed E-state index contributed by atoms with van der Waals surface area (Å²) in [7, 11) is 1.29. The van der Waals surface area contributed by atoms with Gasteiger partial charge in [-0.3, -0.25) is 14.6 Å². The monoisotopic (exact) mass is 436 g/mol. The van der Waals surface area contributed by atoms with Crippen LogP contribution in [0.1, 0.15) is 22.7 Å². The standard InChI is InChI=1S/C24H18F2N2O4/c1-32-19-9-8-15(11-18(19)26)22(29)20-21(16-6-2-3-7-17(16)25)28(24(31)23(20)30)13-14-5-4-10-27-12-14/h2-12,21,29H,13H2,1H3. The van der Waals surface area contributed by atoms with E-state index in [4.69, 9.17) is 4.74 Å². The normalized spacial score (nSPS) is 17.6. The molecular weight excluding hydrogens is 418 g/mol. The molecule has 0 bridgehead atoms. The zero-order valence-electron chi connectivity index (χ0n) is 17.0. The number of Topliss-reactive ketones (excluding diaryl/α,β-unsaturated/α-hetero) is 1. The first-order valence-electron chi connectivity index (χ1n) is 9.68. The van der Waals surface area contributed by atoms with Gasteiger partial charge in [0.15, 0.2) is 11.6 Å². The topological polar surface area (TPSA) is 79.7 Å². The molecule has 1 aliphatic rings. The zero-order chi connectivity index (χ0) is 22.8. The second-order valence-electron chi connectivity index (χ2n) is 7.16. The fraction of sp³-hybridized carbons (Fsp3) is 0.125. The van der Waals surface area contributed by atoms with E-state index < -0.39 is 35.1 Å². The second-order valence-corrected chi connectivity index (χ2v) is 7.16. The molecule has 162 valence electrons. The number of carbonyl (C=O) groups is 2. The van der Waals surface area contributed by atoms with Crippen molar-refractivity contribution in [1.29, 1.82) is 0 Å². The fourth-order valence-electron chi connectivity index (χ4n) is 3.72. The van der Waals surface area contributed by atoms with Crippen LogP contribution in [0.25, 0.3) is 5.76 Å². The highest BCUT2D eigenvalue weighted by atomic mass is 19.1. The average molecular weight is 436 g/mol. The summed E-state index contributed by atoms with van der Waals surface area (Å²) >= 11 is 0. The Kier molecular flexibility index (Phi) is 5.68. The summed E-state index contributed by atoms with van der Waals surface area (Å²) in [5, 5.41) is 10.9. The van der Waals surface area contributed by atoms with Crippen molar-refractivity contribution in [3.8, 4) is 5.75 Å². The van der Waals surface area contributed by atoms with Crippen LogP contribution < -0.4 is 4.74 Å². The number of hydrogen-bond acceptors (Lipinski definition) is 5. The maximum absolute atomic E-state index is 14.8. The number of benzene rings is 2. The van der Waals surface area contributed by atoms with Crippen molar-refractivity contribution in [2.45, 2.75) is 12.6 Å². The van der Waals surface area contributed by atoms with Gasteiger partial charge in [-0.2, -0.15) is 0 Å². The molecule has 4 rings (SSSR count). The molecule has 0 spiro atoms. The predicted octanol–water partition coefficient (Wildman–Crippen LogP) is 3.99. The SMILES string of the molecule is COc1ccc(C(O)=C2C(=O)C(=O)N(Cc3cccnc3)C2c2ccccc2F)cc1F. The number of ether oxygens (including phenoxy) is 1. The summed E-state index contributed by atoms with van der Waals surface area (Å²) in [6, 6.07) is 11.5. The van der Waals surface area contributed by atoms with Crippen LogP contribution in [0.15, 0.2) is 72.6 Å². The number of likely N-dealkylation sites (tertiary alicyclic amines) is 1. The first kappa shape index (κ1) is 21.2. The van der Waals surface area contributed by atoms with Gasteiger partial charge < -0.3 is 14.7 Å². The van der Waals surface area contributed by atoms with Crippen LogP contribution in [0.3, 0.4) is 0 Å². The lowest BCUT2D eigenvalue weighted by atomic mass is 9.94. The highest BCUT2D eigenvalue weighted by Gasteiger charge is 2.47. The molecule has 1 aromatic heterocycles. The number of nitrogens with zero attached hydrogens (tertiary/aromatic N) is 2. The van der Waals surface area contributed by atoms with Crippen molar-refractivity contribution in [1.82, 2.24) is 9.88 Å². The molecule has 32 heavy (non-hydrogen) atoms. The summed E-state index contributed by atoms with van der Waals surface area (Å²) in [5.41, 5.74) is 0.287. The van der Waals surface area contributed by atoms with E-state index in [9.17, 15) is 23.5 Å². The number of halogens is 2. The lowest BCUT2D eigenvalue weighted by molar-refractivity contribution is -0.140. The van der Waals surface area contributed by atoms with Gasteiger partial charge in [0.05, 0.1) is 18.7 Å². The third-order valence-corrected chi connectivity index (χ3v) is 5.24. The number of ketones is 1. The highest BCUT2D eigenvalue weighted by Crippen LogP contribution is 2.41. The number of pyridine rings is 1. The molecular formula is C24H18F2N2O4. The van der Waals surface area contributed by atoms with Crippen LogP contribution in [0, 0.1) is 11.6 Å². The number of carbonyl (C=O) groups excluding carboxylic acids is 2. The molecule has 1 atom stereocenters. The Labute approximate surface area is 182 Å². The number of rotatable bonds is 5. The van der Waals surface area contributed by atoms with E-state index in [0.717, 1.165) is 6.07 Å². The van der Waals surface area contributed by atoms with Gasteiger partial charge in [-0.1, -0.05) is 24.3 Å². The number of aliphatic hydroxyl groups is 1. The minimum atomic E-state index is -1.21. The quantitative estimate of drug-likeness (QED) is 0.372. The number of amides is 1. The van der Waals surface area contributed by atoms with Gasteiger partial charge in [0.1, 0.15) is 11.6 Å². The second kappa shape index (κ2) is 8.58. The van der Waals surface area contributed by atoms with Crippen LogP contribution in [0.2, 0.25) is 0 Å². The van der Waals surface area contributed by atoms with Crippen molar-refractivity contribution in [2.24, 2.45) is 0 Å². The maximum atomic E-state index is 14.8. The lowest BCUT2D eigenvalue weighted by Crippen LogP contribution is -2.29. The van der Waals surface area contributed by atoms with Gasteiger partial charge in [-0.25, -0.2) is 8.78 Å². The van der Waals surface area contributed by atoms with Gasteiger partial charge >= 0.3 is 0 Å². The summed E-state index contributed by atoms with van der Waals surface area (Å²) in [4.78, 5) is 31.0. The molecule has 0 radical (unpaired) electrons. The van der Waals surface area contributed by atoms with Gasteiger partial charge in [-0.05, 0) is 35.9 Å². The number of aliphatic hydroxyl groups excluding tert-OH is 1. The van der Waals surface area contributed by atoms with Crippen molar-refractivity contribution in [3.05, 3.63) is 101 Å². The molecule has 1 saturated heterocycles. The van der Waals surface area contributed by atoms with E-state index in [-0.39, 0.29) is 29.0 Å². The third-order valence-electron chi connectivity index (χ3n) is 5.24. The van der Waals surface area contributed by atoms with E-state index in [1.54, 1.807) is 24.4 Å². The molecule has 6 nitrogen and oxygen atoms in total. The van der Waals surface area contributed by atoms with Gasteiger partial charge in [0, 0.05) is 30.1 Å². The Balaban J connectivity index is 1.89. The average Bonchev–Trinajstić information content (AvgIpc) is 3.04. The minimum Gasteiger partial charge on any atom is -0.507 e.